The second-order valence-corrected chi connectivity index (χ2v) is 6.00. The predicted octanol–water partition coefficient (Wildman–Crippen LogP) is 1.45. The Bertz CT molecular complexity index is 408. The van der Waals surface area contributed by atoms with Gasteiger partial charge >= 0.3 is 0 Å². The molecule has 2 aliphatic rings. The van der Waals surface area contributed by atoms with Crippen molar-refractivity contribution in [2.45, 2.75) is 45.3 Å². The second-order valence-electron chi connectivity index (χ2n) is 6.00. The zero-order valence-electron chi connectivity index (χ0n) is 12.5. The summed E-state index contributed by atoms with van der Waals surface area (Å²) in [7, 11) is 0. The molecule has 3 rings (SSSR count). The molecule has 1 aromatic rings. The molecule has 5 nitrogen and oxygen atoms in total. The molecule has 1 aromatic heterocycles. The molecule has 112 valence electrons. The second kappa shape index (κ2) is 6.70. The van der Waals surface area contributed by atoms with Crippen molar-refractivity contribution in [1.29, 1.82) is 0 Å². The Morgan fingerprint density at radius 3 is 2.80 bits per heavy atom. The quantitative estimate of drug-likeness (QED) is 0.765. The molecular weight excluding hydrogens is 252 g/mol. The summed E-state index contributed by atoms with van der Waals surface area (Å²) in [4.78, 5) is 5.11. The molecule has 1 aliphatic carbocycles. The maximum atomic E-state index is 5.44. The van der Waals surface area contributed by atoms with Crippen LogP contribution < -0.4 is 5.32 Å². The lowest BCUT2D eigenvalue weighted by Gasteiger charge is -2.34. The van der Waals surface area contributed by atoms with Gasteiger partial charge in [-0.2, -0.15) is 0 Å². The lowest BCUT2D eigenvalue weighted by molar-refractivity contribution is 0.113. The van der Waals surface area contributed by atoms with E-state index < -0.39 is 0 Å². The lowest BCUT2D eigenvalue weighted by Crippen LogP contribution is -2.46. The molecule has 2 heterocycles. The smallest absolute Gasteiger partial charge is 0.151 e. The van der Waals surface area contributed by atoms with E-state index >= 15 is 0 Å². The molecule has 1 aliphatic heterocycles. The van der Waals surface area contributed by atoms with Gasteiger partial charge in [0.1, 0.15) is 0 Å². The Kier molecular flexibility index (Phi) is 4.70. The minimum atomic E-state index is 0.812. The molecule has 0 aromatic carbocycles. The number of nitrogens with zero attached hydrogens (tertiary/aromatic N) is 3. The molecule has 5 heteroatoms. The fraction of sp³-hybridized carbons (Fsp3) is 0.800. The van der Waals surface area contributed by atoms with Gasteiger partial charge in [-0.1, -0.05) is 12.1 Å². The number of rotatable bonds is 7. The predicted molar refractivity (Wildman–Crippen MR) is 78.4 cm³/mol. The molecule has 1 saturated heterocycles. The van der Waals surface area contributed by atoms with Gasteiger partial charge in [-0.05, 0) is 25.8 Å². The Morgan fingerprint density at radius 1 is 1.30 bits per heavy atom. The first-order valence-electron chi connectivity index (χ1n) is 7.96. The summed E-state index contributed by atoms with van der Waals surface area (Å²) in [6.45, 7) is 9.65. The third-order valence-electron chi connectivity index (χ3n) is 4.19. The van der Waals surface area contributed by atoms with Crippen LogP contribution in [0, 0.1) is 0 Å². The molecule has 2 fully saturated rings. The monoisotopic (exact) mass is 278 g/mol. The molecule has 0 bridgehead atoms. The van der Waals surface area contributed by atoms with Gasteiger partial charge in [0.15, 0.2) is 5.76 Å². The Labute approximate surface area is 121 Å². The molecular formula is C15H26N4O. The molecule has 0 radical (unpaired) electrons. The normalized spacial score (nSPS) is 21.4. The van der Waals surface area contributed by atoms with E-state index in [1.807, 2.05) is 0 Å². The van der Waals surface area contributed by atoms with Crippen molar-refractivity contribution >= 4 is 0 Å². The maximum absolute atomic E-state index is 5.44. The summed E-state index contributed by atoms with van der Waals surface area (Å²) in [5.41, 5.74) is 1.02. The van der Waals surface area contributed by atoms with Crippen LogP contribution in [0.15, 0.2) is 10.6 Å². The van der Waals surface area contributed by atoms with Crippen LogP contribution >= 0.6 is 0 Å². The Balaban J connectivity index is 1.41. The zero-order chi connectivity index (χ0) is 13.8. The van der Waals surface area contributed by atoms with Crippen molar-refractivity contribution in [1.82, 2.24) is 20.3 Å². The Hall–Kier alpha value is -0.910. The van der Waals surface area contributed by atoms with Gasteiger partial charge in [0.25, 0.3) is 0 Å². The van der Waals surface area contributed by atoms with Gasteiger partial charge in [-0.15, -0.1) is 0 Å². The number of hydrogen-bond donors (Lipinski definition) is 1. The summed E-state index contributed by atoms with van der Waals surface area (Å²) in [6.07, 6.45) is 3.97. The van der Waals surface area contributed by atoms with Crippen LogP contribution in [-0.2, 0) is 13.1 Å². The minimum absolute atomic E-state index is 0.812. The van der Waals surface area contributed by atoms with Gasteiger partial charge in [-0.3, -0.25) is 9.80 Å². The van der Waals surface area contributed by atoms with Gasteiger partial charge in [0.05, 0.1) is 12.2 Å². The highest BCUT2D eigenvalue weighted by Crippen LogP contribution is 2.27. The maximum Gasteiger partial charge on any atom is 0.151 e. The summed E-state index contributed by atoms with van der Waals surface area (Å²) < 4.78 is 5.44. The van der Waals surface area contributed by atoms with Crippen LogP contribution in [0.5, 0.6) is 0 Å². The summed E-state index contributed by atoms with van der Waals surface area (Å²) in [5, 5.41) is 7.48. The minimum Gasteiger partial charge on any atom is -0.360 e. The van der Waals surface area contributed by atoms with E-state index in [4.69, 9.17) is 4.52 Å². The fourth-order valence-electron chi connectivity index (χ4n) is 2.85. The number of hydrogen-bond acceptors (Lipinski definition) is 5. The third kappa shape index (κ3) is 3.81. The highest BCUT2D eigenvalue weighted by Gasteiger charge is 2.31. The van der Waals surface area contributed by atoms with Crippen molar-refractivity contribution < 1.29 is 4.52 Å². The van der Waals surface area contributed by atoms with Crippen molar-refractivity contribution in [3.63, 3.8) is 0 Å². The van der Waals surface area contributed by atoms with Gasteiger partial charge < -0.3 is 9.84 Å². The number of aromatic nitrogens is 1. The largest absolute Gasteiger partial charge is 0.360 e. The van der Waals surface area contributed by atoms with Crippen molar-refractivity contribution in [2.75, 3.05) is 32.7 Å². The van der Waals surface area contributed by atoms with E-state index in [0.717, 1.165) is 56.6 Å². The van der Waals surface area contributed by atoms with Gasteiger partial charge in [-0.25, -0.2) is 0 Å². The standard InChI is InChI=1S/C15H26N4O/c1-2-5-16-11-13-10-15(20-17-13)12-18-6-8-19(9-7-18)14-3-4-14/h10,14,16H,2-9,11-12H2,1H3. The van der Waals surface area contributed by atoms with Crippen molar-refractivity contribution in [3.8, 4) is 0 Å². The fourth-order valence-corrected chi connectivity index (χ4v) is 2.85. The van der Waals surface area contributed by atoms with E-state index in [0.29, 0.717) is 0 Å². The third-order valence-corrected chi connectivity index (χ3v) is 4.19. The van der Waals surface area contributed by atoms with Crippen LogP contribution in [0.4, 0.5) is 0 Å². The highest BCUT2D eigenvalue weighted by atomic mass is 16.5. The zero-order valence-corrected chi connectivity index (χ0v) is 12.5. The van der Waals surface area contributed by atoms with E-state index in [1.165, 1.54) is 25.9 Å². The molecule has 0 atom stereocenters. The van der Waals surface area contributed by atoms with Crippen LogP contribution in [0.3, 0.4) is 0 Å². The summed E-state index contributed by atoms with van der Waals surface area (Å²) in [5.74, 6) is 0.998. The topological polar surface area (TPSA) is 44.5 Å². The van der Waals surface area contributed by atoms with E-state index in [9.17, 15) is 0 Å². The Morgan fingerprint density at radius 2 is 2.10 bits per heavy atom. The number of nitrogens with one attached hydrogen (secondary N) is 1. The average Bonchev–Trinajstić information content (AvgIpc) is 3.22. The molecule has 1 saturated carbocycles. The van der Waals surface area contributed by atoms with Gasteiger partial charge in [0.2, 0.25) is 0 Å². The SMILES string of the molecule is CCCNCc1cc(CN2CCN(C3CC3)CC2)on1. The van der Waals surface area contributed by atoms with E-state index in [-0.39, 0.29) is 0 Å². The molecule has 0 spiro atoms. The van der Waals surface area contributed by atoms with Crippen molar-refractivity contribution in [2.24, 2.45) is 0 Å². The van der Waals surface area contributed by atoms with E-state index in [1.54, 1.807) is 0 Å². The first-order valence-corrected chi connectivity index (χ1v) is 7.96. The lowest BCUT2D eigenvalue weighted by atomic mass is 10.2. The van der Waals surface area contributed by atoms with Crippen LogP contribution in [0.25, 0.3) is 0 Å². The van der Waals surface area contributed by atoms with Crippen LogP contribution in [-0.4, -0.2) is 53.7 Å². The molecule has 1 N–H and O–H groups in total. The highest BCUT2D eigenvalue weighted by molar-refractivity contribution is 5.05. The summed E-state index contributed by atoms with van der Waals surface area (Å²) in [6, 6.07) is 2.99. The molecule has 20 heavy (non-hydrogen) atoms. The van der Waals surface area contributed by atoms with E-state index in [2.05, 4.69) is 33.3 Å². The molecule has 0 amide bonds. The average molecular weight is 278 g/mol. The summed E-state index contributed by atoms with van der Waals surface area (Å²) >= 11 is 0. The molecule has 0 unspecified atom stereocenters. The van der Waals surface area contributed by atoms with Crippen LogP contribution in [0.1, 0.15) is 37.6 Å². The van der Waals surface area contributed by atoms with Crippen LogP contribution in [0.2, 0.25) is 0 Å². The number of piperazine rings is 1. The van der Waals surface area contributed by atoms with Crippen molar-refractivity contribution in [3.05, 3.63) is 17.5 Å². The first-order chi connectivity index (χ1) is 9.85. The van der Waals surface area contributed by atoms with Gasteiger partial charge in [0, 0.05) is 44.8 Å². The first kappa shape index (κ1) is 14.0.